The van der Waals surface area contributed by atoms with Crippen molar-refractivity contribution in [2.24, 2.45) is 0 Å². The van der Waals surface area contributed by atoms with Gasteiger partial charge in [0.2, 0.25) is 0 Å². The van der Waals surface area contributed by atoms with E-state index in [0.29, 0.717) is 5.54 Å². The minimum Gasteiger partial charge on any atom is -0.315 e. The van der Waals surface area contributed by atoms with Crippen molar-refractivity contribution in [3.63, 3.8) is 0 Å². The van der Waals surface area contributed by atoms with Crippen molar-refractivity contribution < 1.29 is 0 Å². The van der Waals surface area contributed by atoms with Gasteiger partial charge >= 0.3 is 0 Å². The zero-order chi connectivity index (χ0) is 13.2. The summed E-state index contributed by atoms with van der Waals surface area (Å²) in [6.45, 7) is 12.1. The predicted octanol–water partition coefficient (Wildman–Crippen LogP) is 3.56. The fourth-order valence-corrected chi connectivity index (χ4v) is 4.32. The van der Waals surface area contributed by atoms with Gasteiger partial charge in [0.1, 0.15) is 0 Å². The van der Waals surface area contributed by atoms with Crippen molar-refractivity contribution in [3.05, 3.63) is 0 Å². The van der Waals surface area contributed by atoms with Gasteiger partial charge in [0.05, 0.1) is 0 Å². The molecule has 0 amide bonds. The highest BCUT2D eigenvalue weighted by Crippen LogP contribution is 2.36. The Hall–Kier alpha value is -0.0800. The zero-order valence-corrected chi connectivity index (χ0v) is 12.9. The average molecular weight is 252 g/mol. The fraction of sp³-hybridized carbons (Fsp3) is 1.00. The Morgan fingerprint density at radius 3 is 2.11 bits per heavy atom. The summed E-state index contributed by atoms with van der Waals surface area (Å²) in [5.41, 5.74) is 0.622. The Bertz CT molecular complexity index is 244. The van der Waals surface area contributed by atoms with E-state index < -0.39 is 0 Å². The average Bonchev–Trinajstić information content (AvgIpc) is 2.56. The molecule has 1 saturated heterocycles. The van der Waals surface area contributed by atoms with Crippen LogP contribution in [0.1, 0.15) is 72.6 Å². The van der Waals surface area contributed by atoms with Crippen molar-refractivity contribution in [1.29, 1.82) is 0 Å². The normalized spacial score (nSPS) is 30.7. The van der Waals surface area contributed by atoms with Gasteiger partial charge in [0.15, 0.2) is 0 Å². The van der Waals surface area contributed by atoms with Crippen LogP contribution in [-0.4, -0.2) is 35.1 Å². The molecule has 0 bridgehead atoms. The third-order valence-corrected chi connectivity index (χ3v) is 4.97. The third-order valence-electron chi connectivity index (χ3n) is 4.97. The van der Waals surface area contributed by atoms with E-state index >= 15 is 0 Å². The summed E-state index contributed by atoms with van der Waals surface area (Å²) in [5, 5.41) is 3.64. The molecule has 2 nitrogen and oxygen atoms in total. The molecule has 0 aromatic rings. The highest BCUT2D eigenvalue weighted by molar-refractivity contribution is 5.00. The lowest BCUT2D eigenvalue weighted by atomic mass is 9.87. The lowest BCUT2D eigenvalue weighted by Gasteiger charge is -2.51. The maximum Gasteiger partial charge on any atom is 0.0285 e. The molecule has 1 aliphatic heterocycles. The van der Waals surface area contributed by atoms with Crippen LogP contribution in [0.2, 0.25) is 0 Å². The molecule has 106 valence electrons. The molecule has 0 unspecified atom stereocenters. The van der Waals surface area contributed by atoms with E-state index in [1.165, 1.54) is 51.5 Å². The molecule has 2 heteroatoms. The monoisotopic (exact) mass is 252 g/mol. The van der Waals surface area contributed by atoms with Gasteiger partial charge in [-0.05, 0) is 53.5 Å². The summed E-state index contributed by atoms with van der Waals surface area (Å²) in [6, 6.07) is 0.803. The molecule has 0 aromatic heterocycles. The first-order chi connectivity index (χ1) is 8.43. The van der Waals surface area contributed by atoms with Crippen LogP contribution in [-0.2, 0) is 0 Å². The van der Waals surface area contributed by atoms with Gasteiger partial charge in [-0.2, -0.15) is 0 Å². The predicted molar refractivity (Wildman–Crippen MR) is 79.0 cm³/mol. The molecular formula is C16H32N2. The molecule has 18 heavy (non-hydrogen) atoms. The second-order valence-electron chi connectivity index (χ2n) is 7.57. The number of hydrogen-bond donors (Lipinski definition) is 1. The lowest BCUT2D eigenvalue weighted by Crippen LogP contribution is -2.60. The zero-order valence-electron chi connectivity index (χ0n) is 12.9. The molecule has 0 atom stereocenters. The summed E-state index contributed by atoms with van der Waals surface area (Å²) < 4.78 is 0. The number of rotatable bonds is 1. The minimum atomic E-state index is 0.287. The molecule has 2 rings (SSSR count). The maximum absolute atomic E-state index is 3.64. The fourth-order valence-electron chi connectivity index (χ4n) is 4.32. The van der Waals surface area contributed by atoms with Crippen LogP contribution >= 0.6 is 0 Å². The highest BCUT2D eigenvalue weighted by Gasteiger charge is 2.43. The van der Waals surface area contributed by atoms with E-state index in [-0.39, 0.29) is 5.54 Å². The van der Waals surface area contributed by atoms with Crippen LogP contribution in [0.5, 0.6) is 0 Å². The number of hydrogen-bond acceptors (Lipinski definition) is 2. The van der Waals surface area contributed by atoms with Crippen LogP contribution in [0, 0.1) is 0 Å². The molecule has 1 N–H and O–H groups in total. The van der Waals surface area contributed by atoms with Crippen LogP contribution in [0.3, 0.4) is 0 Å². The van der Waals surface area contributed by atoms with Crippen molar-refractivity contribution in [2.75, 3.05) is 13.1 Å². The van der Waals surface area contributed by atoms with Crippen LogP contribution in [0.15, 0.2) is 0 Å². The SMILES string of the molecule is CC1(C)CCNCC(C)(C)N1C1CCCCCC1. The van der Waals surface area contributed by atoms with Crippen molar-refractivity contribution in [1.82, 2.24) is 10.2 Å². The van der Waals surface area contributed by atoms with Crippen LogP contribution < -0.4 is 5.32 Å². The molecule has 2 fully saturated rings. The van der Waals surface area contributed by atoms with E-state index in [9.17, 15) is 0 Å². The van der Waals surface area contributed by atoms with Crippen molar-refractivity contribution in [2.45, 2.75) is 89.8 Å². The lowest BCUT2D eigenvalue weighted by molar-refractivity contribution is -0.0200. The van der Waals surface area contributed by atoms with E-state index in [4.69, 9.17) is 0 Å². The molecule has 1 heterocycles. The maximum atomic E-state index is 3.64. The van der Waals surface area contributed by atoms with Crippen LogP contribution in [0.25, 0.3) is 0 Å². The Balaban J connectivity index is 2.22. The van der Waals surface area contributed by atoms with E-state index in [0.717, 1.165) is 12.6 Å². The largest absolute Gasteiger partial charge is 0.315 e. The van der Waals surface area contributed by atoms with Crippen molar-refractivity contribution in [3.8, 4) is 0 Å². The first-order valence-electron chi connectivity index (χ1n) is 7.94. The molecule has 1 saturated carbocycles. The molecular weight excluding hydrogens is 220 g/mol. The summed E-state index contributed by atoms with van der Waals surface area (Å²) >= 11 is 0. The Morgan fingerprint density at radius 2 is 1.50 bits per heavy atom. The van der Waals surface area contributed by atoms with Crippen LogP contribution in [0.4, 0.5) is 0 Å². The topological polar surface area (TPSA) is 15.3 Å². The smallest absolute Gasteiger partial charge is 0.0285 e. The number of nitrogens with one attached hydrogen (secondary N) is 1. The first-order valence-corrected chi connectivity index (χ1v) is 7.94. The molecule has 1 aliphatic carbocycles. The van der Waals surface area contributed by atoms with Gasteiger partial charge in [0.25, 0.3) is 0 Å². The second kappa shape index (κ2) is 5.50. The second-order valence-corrected chi connectivity index (χ2v) is 7.57. The molecule has 0 aromatic carbocycles. The Morgan fingerprint density at radius 1 is 0.889 bits per heavy atom. The molecule has 0 radical (unpaired) electrons. The van der Waals surface area contributed by atoms with E-state index in [1.54, 1.807) is 0 Å². The van der Waals surface area contributed by atoms with Gasteiger partial charge in [-0.1, -0.05) is 25.7 Å². The third kappa shape index (κ3) is 3.08. The molecule has 0 spiro atoms. The quantitative estimate of drug-likeness (QED) is 0.718. The van der Waals surface area contributed by atoms with E-state index in [2.05, 4.69) is 37.9 Å². The van der Waals surface area contributed by atoms with Gasteiger partial charge < -0.3 is 5.32 Å². The Labute approximate surface area is 114 Å². The summed E-state index contributed by atoms with van der Waals surface area (Å²) in [4.78, 5) is 2.87. The number of nitrogens with zero attached hydrogens (tertiary/aromatic N) is 1. The van der Waals surface area contributed by atoms with Gasteiger partial charge in [-0.15, -0.1) is 0 Å². The van der Waals surface area contributed by atoms with Gasteiger partial charge in [-0.3, -0.25) is 4.90 Å². The van der Waals surface area contributed by atoms with Gasteiger partial charge in [0, 0.05) is 23.7 Å². The highest BCUT2D eigenvalue weighted by atomic mass is 15.3. The summed E-state index contributed by atoms with van der Waals surface area (Å²) in [7, 11) is 0. The van der Waals surface area contributed by atoms with E-state index in [1.807, 2.05) is 0 Å². The molecule has 2 aliphatic rings. The standard InChI is InChI=1S/C16H32N2/c1-15(2)11-12-17-13-16(3,4)18(15)14-9-7-5-6-8-10-14/h14,17H,5-13H2,1-4H3. The summed E-state index contributed by atoms with van der Waals surface area (Å²) in [6.07, 6.45) is 9.85. The summed E-state index contributed by atoms with van der Waals surface area (Å²) in [5.74, 6) is 0. The minimum absolute atomic E-state index is 0.287. The first kappa shape index (κ1) is 14.3. The van der Waals surface area contributed by atoms with Gasteiger partial charge in [-0.25, -0.2) is 0 Å². The Kier molecular flexibility index (Phi) is 4.38. The van der Waals surface area contributed by atoms with Crippen molar-refractivity contribution >= 4 is 0 Å².